The largest absolute Gasteiger partial charge is 0.453 e. The highest BCUT2D eigenvalue weighted by Crippen LogP contribution is 2.58. The van der Waals surface area contributed by atoms with Crippen LogP contribution in [0.1, 0.15) is 78.0 Å². The molecule has 5 heteroatoms. The Morgan fingerprint density at radius 2 is 1.31 bits per heavy atom. The lowest BCUT2D eigenvalue weighted by Gasteiger charge is -2.46. The fourth-order valence-corrected chi connectivity index (χ4v) is 10.8. The van der Waals surface area contributed by atoms with Crippen molar-refractivity contribution in [3.8, 4) is 33.8 Å². The van der Waals surface area contributed by atoms with E-state index < -0.39 is 0 Å². The van der Waals surface area contributed by atoms with Crippen LogP contribution >= 0.6 is 0 Å². The summed E-state index contributed by atoms with van der Waals surface area (Å²) in [4.78, 5) is 5.05. The first-order valence-electron chi connectivity index (χ1n) is 21.3. The summed E-state index contributed by atoms with van der Waals surface area (Å²) in [5.74, 6) is 2.62. The van der Waals surface area contributed by atoms with Crippen molar-refractivity contribution < 1.29 is 9.15 Å². The van der Waals surface area contributed by atoms with E-state index in [9.17, 15) is 0 Å². The summed E-state index contributed by atoms with van der Waals surface area (Å²) < 4.78 is 14.3. The minimum atomic E-state index is -0.192. The van der Waals surface area contributed by atoms with Crippen LogP contribution in [0.3, 0.4) is 0 Å². The Labute approximate surface area is 347 Å². The molecule has 7 aromatic carbocycles. The van der Waals surface area contributed by atoms with E-state index in [2.05, 4.69) is 192 Å². The quantitative estimate of drug-likeness (QED) is 0.164. The van der Waals surface area contributed by atoms with Crippen molar-refractivity contribution >= 4 is 68.1 Å². The monoisotopic (exact) mass is 766 g/mol. The first-order valence-corrected chi connectivity index (χ1v) is 21.3. The van der Waals surface area contributed by atoms with Crippen LogP contribution in [-0.4, -0.2) is 6.85 Å². The van der Waals surface area contributed by atoms with Gasteiger partial charge >= 0.3 is 6.85 Å². The average Bonchev–Trinajstić information content (AvgIpc) is 3.61. The van der Waals surface area contributed by atoms with Crippen molar-refractivity contribution in [1.82, 2.24) is 0 Å². The van der Waals surface area contributed by atoms with Crippen molar-refractivity contribution in [3.63, 3.8) is 0 Å². The zero-order chi connectivity index (χ0) is 40.2. The second kappa shape index (κ2) is 11.7. The van der Waals surface area contributed by atoms with Gasteiger partial charge in [0.1, 0.15) is 11.3 Å². The first kappa shape index (κ1) is 34.8. The van der Waals surface area contributed by atoms with E-state index in [-0.39, 0.29) is 23.1 Å². The molecule has 4 aliphatic rings. The van der Waals surface area contributed by atoms with Gasteiger partial charge in [-0.3, -0.25) is 4.90 Å². The Kier molecular flexibility index (Phi) is 6.92. The molecule has 0 unspecified atom stereocenters. The fraction of sp³-hybridized carbons (Fsp3) is 0.222. The third kappa shape index (κ3) is 4.79. The smallest absolute Gasteiger partial charge is 0.337 e. The van der Waals surface area contributed by atoms with Gasteiger partial charge in [-0.25, -0.2) is 0 Å². The summed E-state index contributed by atoms with van der Waals surface area (Å²) in [5.41, 5.74) is 16.8. The summed E-state index contributed by atoms with van der Waals surface area (Å²) in [6.45, 7) is 16.4. The number of ether oxygens (including phenoxy) is 1. The molecule has 0 radical (unpaired) electrons. The van der Waals surface area contributed by atoms with Gasteiger partial charge < -0.3 is 14.0 Å². The molecule has 0 spiro atoms. The zero-order valence-corrected chi connectivity index (χ0v) is 34.9. The normalized spacial score (nSPS) is 16.6. The van der Waals surface area contributed by atoms with Gasteiger partial charge in [0.15, 0.2) is 5.75 Å². The molecule has 0 amide bonds. The van der Waals surface area contributed by atoms with E-state index >= 15 is 0 Å². The number of hydrogen-bond acceptors (Lipinski definition) is 4. The molecule has 3 aliphatic heterocycles. The molecule has 288 valence electrons. The van der Waals surface area contributed by atoms with E-state index in [1.165, 1.54) is 66.0 Å². The molecule has 0 N–H and O–H groups in total. The van der Waals surface area contributed by atoms with Crippen LogP contribution in [0.2, 0.25) is 0 Å². The first-order chi connectivity index (χ1) is 28.4. The lowest BCUT2D eigenvalue weighted by atomic mass is 9.43. The third-order valence-electron chi connectivity index (χ3n) is 14.0. The summed E-state index contributed by atoms with van der Waals surface area (Å²) >= 11 is 0. The highest BCUT2D eigenvalue weighted by Gasteiger charge is 2.51. The Hall–Kier alpha value is -6.20. The van der Waals surface area contributed by atoms with E-state index in [0.717, 1.165) is 58.6 Å². The van der Waals surface area contributed by atoms with Gasteiger partial charge in [-0.05, 0) is 122 Å². The summed E-state index contributed by atoms with van der Waals surface area (Å²) in [6.07, 6.45) is 2.28. The maximum Gasteiger partial charge on any atom is 0.337 e. The number of para-hydroxylation sites is 3. The van der Waals surface area contributed by atoms with Crippen LogP contribution in [0.5, 0.6) is 11.5 Å². The van der Waals surface area contributed by atoms with Crippen LogP contribution in [0, 0.1) is 0 Å². The molecule has 1 aromatic heterocycles. The van der Waals surface area contributed by atoms with E-state index in [1.807, 2.05) is 0 Å². The van der Waals surface area contributed by atoms with Crippen LogP contribution < -0.4 is 25.4 Å². The van der Waals surface area contributed by atoms with Crippen molar-refractivity contribution in [1.29, 1.82) is 0 Å². The van der Waals surface area contributed by atoms with Crippen molar-refractivity contribution in [2.24, 2.45) is 0 Å². The number of rotatable bonds is 2. The highest BCUT2D eigenvalue weighted by molar-refractivity contribution is 6.95. The molecule has 0 bridgehead atoms. The molecular formula is C54H47BN2O2. The van der Waals surface area contributed by atoms with Gasteiger partial charge in [0.25, 0.3) is 0 Å². The number of benzene rings is 7. The molecule has 4 nitrogen and oxygen atoms in total. The zero-order valence-electron chi connectivity index (χ0n) is 34.9. The minimum Gasteiger partial charge on any atom is -0.453 e. The van der Waals surface area contributed by atoms with Gasteiger partial charge in [0.05, 0.1) is 17.1 Å². The summed E-state index contributed by atoms with van der Waals surface area (Å²) in [5, 5.41) is 3.62. The van der Waals surface area contributed by atoms with Crippen LogP contribution in [0.4, 0.5) is 28.6 Å². The van der Waals surface area contributed by atoms with Crippen LogP contribution in [-0.2, 0) is 16.2 Å². The highest BCUT2D eigenvalue weighted by atomic mass is 16.5. The molecule has 59 heavy (non-hydrogen) atoms. The molecule has 0 fully saturated rings. The molecule has 12 rings (SSSR count). The molecule has 8 aromatic rings. The molecule has 4 heterocycles. The summed E-state index contributed by atoms with van der Waals surface area (Å²) in [7, 11) is 0. The Bertz CT molecular complexity index is 3100. The molecule has 1 aliphatic carbocycles. The van der Waals surface area contributed by atoms with Gasteiger partial charge in [-0.15, -0.1) is 0 Å². The standard InChI is InChI=1S/C54H47BN2O2/c1-52(2,3)34-24-25-41(37(29-34)32-16-9-8-10-17-32)56-43-28-33-18-11-12-19-35(33)47-36-20-15-23-45-50(36)57(42-21-13-14-22-44(42)58-45)55(49(43)47)48-38-30-39-40(31-46(38)59-51(48)56)54(6,7)27-26-53(39,4)5/h8-25,28-31H,26-27H2,1-7H3. The maximum atomic E-state index is 7.52. The number of furan rings is 1. The number of hydrogen-bond donors (Lipinski definition) is 0. The molecule has 0 atom stereocenters. The van der Waals surface area contributed by atoms with E-state index in [1.54, 1.807) is 0 Å². The van der Waals surface area contributed by atoms with Gasteiger partial charge in [0.2, 0.25) is 5.88 Å². The van der Waals surface area contributed by atoms with Crippen molar-refractivity contribution in [2.75, 3.05) is 9.71 Å². The van der Waals surface area contributed by atoms with Gasteiger partial charge in [-0.2, -0.15) is 0 Å². The second-order valence-corrected chi connectivity index (χ2v) is 19.6. The summed E-state index contributed by atoms with van der Waals surface area (Å²) in [6, 6.07) is 49.4. The number of nitrogens with zero attached hydrogens (tertiary/aromatic N) is 2. The third-order valence-corrected chi connectivity index (χ3v) is 14.0. The maximum absolute atomic E-state index is 7.52. The second-order valence-electron chi connectivity index (χ2n) is 19.6. The van der Waals surface area contributed by atoms with Crippen LogP contribution in [0.25, 0.3) is 44.0 Å². The number of fused-ring (bicyclic) bond motifs is 11. The van der Waals surface area contributed by atoms with Crippen LogP contribution in [0.15, 0.2) is 138 Å². The van der Waals surface area contributed by atoms with E-state index in [4.69, 9.17) is 9.15 Å². The Morgan fingerprint density at radius 3 is 2.10 bits per heavy atom. The minimum absolute atomic E-state index is 0.0258. The average molecular weight is 767 g/mol. The van der Waals surface area contributed by atoms with Crippen molar-refractivity contribution in [3.05, 3.63) is 150 Å². The topological polar surface area (TPSA) is 28.9 Å². The van der Waals surface area contributed by atoms with Gasteiger partial charge in [-0.1, -0.05) is 133 Å². The lowest BCUT2D eigenvalue weighted by molar-refractivity contribution is 0.332. The van der Waals surface area contributed by atoms with E-state index in [0.29, 0.717) is 0 Å². The van der Waals surface area contributed by atoms with Crippen molar-refractivity contribution in [2.45, 2.75) is 77.6 Å². The molecule has 0 saturated carbocycles. The number of anilines is 5. The fourth-order valence-electron chi connectivity index (χ4n) is 10.8. The SMILES string of the molecule is CC(C)(C)c1ccc(N2c3cc4ccccc4c4c3B(c3c2oc2cc5c(cc32)C(C)(C)CCC5(C)C)N2c3ccccc3Oc3cccc-4c32)c(-c2ccccc2)c1. The predicted molar refractivity (Wildman–Crippen MR) is 247 cm³/mol. The Balaban J connectivity index is 1.27. The molecular weight excluding hydrogens is 719 g/mol. The van der Waals surface area contributed by atoms with Gasteiger partial charge in [0, 0.05) is 27.7 Å². The lowest BCUT2D eigenvalue weighted by Crippen LogP contribution is -2.61. The predicted octanol–water partition coefficient (Wildman–Crippen LogP) is 13.7. The Morgan fingerprint density at radius 1 is 0.593 bits per heavy atom. The molecule has 0 saturated heterocycles.